The molecule has 0 aliphatic heterocycles. The lowest BCUT2D eigenvalue weighted by atomic mass is 9.96. The summed E-state index contributed by atoms with van der Waals surface area (Å²) < 4.78 is 6.92. The number of aliphatic hydroxyl groups is 1. The first-order valence-corrected chi connectivity index (χ1v) is 7.16. The Labute approximate surface area is 134 Å². The number of nitrogens with zero attached hydrogens (tertiary/aromatic N) is 1. The van der Waals surface area contributed by atoms with Gasteiger partial charge in [-0.05, 0) is 32.9 Å². The number of carbonyl (C=O) groups excluding carboxylic acids is 2. The van der Waals surface area contributed by atoms with Crippen LogP contribution < -0.4 is 11.1 Å². The van der Waals surface area contributed by atoms with Crippen molar-refractivity contribution in [2.45, 2.75) is 26.4 Å². The minimum atomic E-state index is -1.27. The molecule has 0 aromatic carbocycles. The van der Waals surface area contributed by atoms with Gasteiger partial charge >= 0.3 is 0 Å². The fourth-order valence-corrected chi connectivity index (χ4v) is 2.53. The number of hydrogen-bond acceptors (Lipinski definition) is 4. The van der Waals surface area contributed by atoms with Crippen LogP contribution in [0.3, 0.4) is 0 Å². The Hall–Kier alpha value is -2.54. The molecule has 2 amide bonds. The number of primary amides is 1. The van der Waals surface area contributed by atoms with Crippen LogP contribution in [0.15, 0.2) is 22.7 Å². The molecule has 4 N–H and O–H groups in total. The molecule has 1 atom stereocenters. The number of nitrogens with two attached hydrogens (primary N) is 1. The van der Waals surface area contributed by atoms with Crippen LogP contribution in [0, 0.1) is 13.8 Å². The second kappa shape index (κ2) is 5.92. The van der Waals surface area contributed by atoms with Gasteiger partial charge in [0.15, 0.2) is 0 Å². The predicted octanol–water partition coefficient (Wildman–Crippen LogP) is 0.971. The van der Waals surface area contributed by atoms with Gasteiger partial charge in [0.2, 0.25) is 5.91 Å². The number of aromatic nitrogens is 1. The van der Waals surface area contributed by atoms with Crippen molar-refractivity contribution in [2.75, 3.05) is 6.54 Å². The molecule has 0 bridgehead atoms. The second-order valence-electron chi connectivity index (χ2n) is 5.87. The lowest BCUT2D eigenvalue weighted by Crippen LogP contribution is -2.39. The van der Waals surface area contributed by atoms with E-state index < -0.39 is 17.4 Å². The maximum atomic E-state index is 12.3. The SMILES string of the molecule is Cc1cc(C(C)(O)CNC(=O)c2cc(C(N)=O)cn2C)c(C)o1. The van der Waals surface area contributed by atoms with Crippen LogP contribution in [0.5, 0.6) is 0 Å². The zero-order valence-electron chi connectivity index (χ0n) is 13.6. The normalized spacial score (nSPS) is 13.6. The van der Waals surface area contributed by atoms with Gasteiger partial charge < -0.3 is 25.1 Å². The van der Waals surface area contributed by atoms with Crippen LogP contribution in [0.4, 0.5) is 0 Å². The third-order valence-electron chi connectivity index (χ3n) is 3.74. The quantitative estimate of drug-likeness (QED) is 0.762. The summed E-state index contributed by atoms with van der Waals surface area (Å²) in [5.74, 6) is 0.295. The summed E-state index contributed by atoms with van der Waals surface area (Å²) in [4.78, 5) is 23.4. The number of aryl methyl sites for hydroxylation is 3. The average Bonchev–Trinajstić information content (AvgIpc) is 2.99. The topological polar surface area (TPSA) is 110 Å². The molecule has 0 spiro atoms. The maximum Gasteiger partial charge on any atom is 0.268 e. The zero-order chi connectivity index (χ0) is 17.4. The van der Waals surface area contributed by atoms with E-state index in [0.717, 1.165) is 0 Å². The first-order valence-electron chi connectivity index (χ1n) is 7.16. The smallest absolute Gasteiger partial charge is 0.268 e. The molecular formula is C16H21N3O4. The summed E-state index contributed by atoms with van der Waals surface area (Å²) in [5.41, 5.74) is 5.10. The van der Waals surface area contributed by atoms with Gasteiger partial charge in [-0.2, -0.15) is 0 Å². The highest BCUT2D eigenvalue weighted by Crippen LogP contribution is 2.26. The highest BCUT2D eigenvalue weighted by Gasteiger charge is 2.28. The van der Waals surface area contributed by atoms with Gasteiger partial charge in [-0.3, -0.25) is 9.59 Å². The monoisotopic (exact) mass is 319 g/mol. The molecule has 0 aliphatic rings. The van der Waals surface area contributed by atoms with Gasteiger partial charge in [-0.25, -0.2) is 0 Å². The molecule has 2 rings (SSSR count). The molecule has 0 aliphatic carbocycles. The summed E-state index contributed by atoms with van der Waals surface area (Å²) in [7, 11) is 1.64. The largest absolute Gasteiger partial charge is 0.466 e. The average molecular weight is 319 g/mol. The molecule has 2 aromatic heterocycles. The summed E-state index contributed by atoms with van der Waals surface area (Å²) >= 11 is 0. The lowest BCUT2D eigenvalue weighted by Gasteiger charge is -2.23. The molecule has 2 aromatic rings. The molecular weight excluding hydrogens is 298 g/mol. The standard InChI is InChI=1S/C16H21N3O4/c1-9-5-12(10(2)23-9)16(3,22)8-18-15(21)13-6-11(14(17)20)7-19(13)4/h5-7,22H,8H2,1-4H3,(H2,17,20)(H,18,21). The lowest BCUT2D eigenvalue weighted by molar-refractivity contribution is 0.0511. The Morgan fingerprint density at radius 3 is 2.52 bits per heavy atom. The van der Waals surface area contributed by atoms with Crippen LogP contribution in [-0.4, -0.2) is 28.0 Å². The van der Waals surface area contributed by atoms with Crippen LogP contribution in [0.1, 0.15) is 44.9 Å². The molecule has 7 heteroatoms. The minimum Gasteiger partial charge on any atom is -0.466 e. The number of nitrogens with one attached hydrogen (secondary N) is 1. The maximum absolute atomic E-state index is 12.3. The Kier molecular flexibility index (Phi) is 4.33. The number of furan rings is 1. The highest BCUT2D eigenvalue weighted by atomic mass is 16.3. The predicted molar refractivity (Wildman–Crippen MR) is 84.0 cm³/mol. The second-order valence-corrected chi connectivity index (χ2v) is 5.87. The van der Waals surface area contributed by atoms with Crippen molar-refractivity contribution in [3.05, 3.63) is 46.7 Å². The van der Waals surface area contributed by atoms with Crippen molar-refractivity contribution in [1.29, 1.82) is 0 Å². The van der Waals surface area contributed by atoms with E-state index in [1.165, 1.54) is 16.8 Å². The highest BCUT2D eigenvalue weighted by molar-refractivity contribution is 5.98. The van der Waals surface area contributed by atoms with Crippen molar-refractivity contribution in [3.63, 3.8) is 0 Å². The van der Waals surface area contributed by atoms with E-state index in [2.05, 4.69) is 5.32 Å². The fourth-order valence-electron chi connectivity index (χ4n) is 2.53. The van der Waals surface area contributed by atoms with E-state index >= 15 is 0 Å². The number of hydrogen-bond donors (Lipinski definition) is 3. The molecule has 23 heavy (non-hydrogen) atoms. The van der Waals surface area contributed by atoms with Crippen LogP contribution >= 0.6 is 0 Å². The van der Waals surface area contributed by atoms with Crippen molar-refractivity contribution in [1.82, 2.24) is 9.88 Å². The van der Waals surface area contributed by atoms with E-state index in [9.17, 15) is 14.7 Å². The Balaban J connectivity index is 2.12. The number of rotatable bonds is 5. The van der Waals surface area contributed by atoms with Crippen molar-refractivity contribution in [2.24, 2.45) is 12.8 Å². The van der Waals surface area contributed by atoms with Gasteiger partial charge in [-0.1, -0.05) is 0 Å². The summed E-state index contributed by atoms with van der Waals surface area (Å²) in [6.07, 6.45) is 1.49. The van der Waals surface area contributed by atoms with Gasteiger partial charge in [-0.15, -0.1) is 0 Å². The molecule has 124 valence electrons. The van der Waals surface area contributed by atoms with Crippen LogP contribution in [0.25, 0.3) is 0 Å². The molecule has 0 radical (unpaired) electrons. The van der Waals surface area contributed by atoms with Crippen molar-refractivity contribution < 1.29 is 19.1 Å². The van der Waals surface area contributed by atoms with Crippen molar-refractivity contribution >= 4 is 11.8 Å². The van der Waals surface area contributed by atoms with E-state index in [1.54, 1.807) is 33.9 Å². The summed E-state index contributed by atoms with van der Waals surface area (Å²) in [6.45, 7) is 5.16. The van der Waals surface area contributed by atoms with Gasteiger partial charge in [0.05, 0.1) is 12.1 Å². The molecule has 2 heterocycles. The van der Waals surface area contributed by atoms with Gasteiger partial charge in [0, 0.05) is 18.8 Å². The minimum absolute atomic E-state index is 0.00271. The summed E-state index contributed by atoms with van der Waals surface area (Å²) in [5, 5.41) is 13.2. The van der Waals surface area contributed by atoms with E-state index in [-0.39, 0.29) is 17.8 Å². The van der Waals surface area contributed by atoms with Crippen LogP contribution in [0.2, 0.25) is 0 Å². The van der Waals surface area contributed by atoms with E-state index in [1.807, 2.05) is 0 Å². The Bertz CT molecular complexity index is 755. The first kappa shape index (κ1) is 16.8. The third kappa shape index (κ3) is 3.45. The van der Waals surface area contributed by atoms with E-state index in [0.29, 0.717) is 17.1 Å². The fraction of sp³-hybridized carbons (Fsp3) is 0.375. The zero-order valence-corrected chi connectivity index (χ0v) is 13.6. The van der Waals surface area contributed by atoms with Crippen LogP contribution in [-0.2, 0) is 12.6 Å². The number of carbonyl (C=O) groups is 2. The first-order chi connectivity index (χ1) is 10.6. The van der Waals surface area contributed by atoms with E-state index in [4.69, 9.17) is 10.2 Å². The third-order valence-corrected chi connectivity index (χ3v) is 3.74. The van der Waals surface area contributed by atoms with Crippen molar-refractivity contribution in [3.8, 4) is 0 Å². The van der Waals surface area contributed by atoms with Gasteiger partial charge in [0.1, 0.15) is 22.8 Å². The molecule has 7 nitrogen and oxygen atoms in total. The number of amides is 2. The van der Waals surface area contributed by atoms with Gasteiger partial charge in [0.25, 0.3) is 5.91 Å². The molecule has 0 saturated carbocycles. The summed E-state index contributed by atoms with van der Waals surface area (Å²) in [6, 6.07) is 3.16. The molecule has 1 unspecified atom stereocenters. The molecule has 0 saturated heterocycles. The Morgan fingerprint density at radius 1 is 1.39 bits per heavy atom. The molecule has 0 fully saturated rings. The Morgan fingerprint density at radius 2 is 2.04 bits per heavy atom.